The number of hydrogen-bond acceptors (Lipinski definition) is 5. The largest absolute Gasteiger partial charge is 0.467 e. The third kappa shape index (κ3) is 4.04. The fourth-order valence-corrected chi connectivity index (χ4v) is 4.56. The summed E-state index contributed by atoms with van der Waals surface area (Å²) in [6, 6.07) is 1.88. The standard InChI is InChI=1S/C20H29N3O4/c1-21-15-20(3-2-18(21)24)4-6-23(7-5-20)19(25)16-12-17(27-14-16)13-22-8-10-26-11-9-22/h12,14H,2-11,13,15H2,1H3. The van der Waals surface area contributed by atoms with Crippen molar-refractivity contribution in [1.29, 1.82) is 0 Å². The molecule has 2 amide bonds. The second kappa shape index (κ2) is 7.64. The van der Waals surface area contributed by atoms with Crippen LogP contribution < -0.4 is 0 Å². The summed E-state index contributed by atoms with van der Waals surface area (Å²) in [5.74, 6) is 1.13. The van der Waals surface area contributed by atoms with Gasteiger partial charge in [-0.1, -0.05) is 0 Å². The van der Waals surface area contributed by atoms with Gasteiger partial charge in [-0.25, -0.2) is 0 Å². The van der Waals surface area contributed by atoms with E-state index >= 15 is 0 Å². The zero-order valence-electron chi connectivity index (χ0n) is 16.1. The predicted molar refractivity (Wildman–Crippen MR) is 99.2 cm³/mol. The zero-order chi connectivity index (χ0) is 18.9. The normalized spacial score (nSPS) is 23.8. The van der Waals surface area contributed by atoms with Crippen molar-refractivity contribution >= 4 is 11.8 Å². The topological polar surface area (TPSA) is 66.2 Å². The first kappa shape index (κ1) is 18.5. The molecule has 148 valence electrons. The number of carbonyl (C=O) groups is 2. The third-order valence-corrected chi connectivity index (χ3v) is 6.36. The van der Waals surface area contributed by atoms with Gasteiger partial charge in [0.1, 0.15) is 12.0 Å². The van der Waals surface area contributed by atoms with Gasteiger partial charge in [0.2, 0.25) is 5.91 Å². The van der Waals surface area contributed by atoms with Crippen LogP contribution in [-0.4, -0.2) is 79.5 Å². The molecule has 0 atom stereocenters. The highest BCUT2D eigenvalue weighted by Crippen LogP contribution is 2.40. The average molecular weight is 375 g/mol. The molecule has 0 radical (unpaired) electrons. The SMILES string of the molecule is CN1CC2(CCC1=O)CCN(C(=O)c1coc(CN3CCOCC3)c1)CC2. The van der Waals surface area contributed by atoms with E-state index in [0.29, 0.717) is 12.0 Å². The van der Waals surface area contributed by atoms with Crippen LogP contribution in [0.5, 0.6) is 0 Å². The lowest BCUT2D eigenvalue weighted by atomic mass is 9.72. The van der Waals surface area contributed by atoms with E-state index in [4.69, 9.17) is 9.15 Å². The van der Waals surface area contributed by atoms with E-state index < -0.39 is 0 Å². The summed E-state index contributed by atoms with van der Waals surface area (Å²) < 4.78 is 11.0. The molecule has 0 aliphatic carbocycles. The minimum absolute atomic E-state index is 0.0575. The smallest absolute Gasteiger partial charge is 0.257 e. The van der Waals surface area contributed by atoms with Crippen molar-refractivity contribution < 1.29 is 18.7 Å². The van der Waals surface area contributed by atoms with Crippen LogP contribution in [0.15, 0.2) is 16.7 Å². The number of hydrogen-bond donors (Lipinski definition) is 0. The maximum absolute atomic E-state index is 12.9. The Morgan fingerprint density at radius 2 is 1.89 bits per heavy atom. The average Bonchev–Trinajstić information content (AvgIpc) is 3.14. The van der Waals surface area contributed by atoms with E-state index in [9.17, 15) is 9.59 Å². The molecule has 1 aromatic rings. The first-order chi connectivity index (χ1) is 13.0. The van der Waals surface area contributed by atoms with Crippen LogP contribution >= 0.6 is 0 Å². The maximum atomic E-state index is 12.9. The Hall–Kier alpha value is -1.86. The number of rotatable bonds is 3. The first-order valence-electron chi connectivity index (χ1n) is 9.95. The Kier molecular flexibility index (Phi) is 5.23. The second-order valence-electron chi connectivity index (χ2n) is 8.23. The van der Waals surface area contributed by atoms with Gasteiger partial charge in [0.25, 0.3) is 5.91 Å². The Labute approximate surface area is 160 Å². The van der Waals surface area contributed by atoms with Crippen molar-refractivity contribution in [1.82, 2.24) is 14.7 Å². The molecule has 27 heavy (non-hydrogen) atoms. The molecular formula is C20H29N3O4. The number of morpholine rings is 1. The summed E-state index contributed by atoms with van der Waals surface area (Å²) in [5.41, 5.74) is 0.835. The summed E-state index contributed by atoms with van der Waals surface area (Å²) >= 11 is 0. The number of likely N-dealkylation sites (tertiary alicyclic amines) is 2. The van der Waals surface area contributed by atoms with Crippen molar-refractivity contribution in [3.63, 3.8) is 0 Å². The lowest BCUT2D eigenvalue weighted by Gasteiger charge is -2.46. The van der Waals surface area contributed by atoms with E-state index in [0.717, 1.165) is 77.5 Å². The number of ether oxygens (including phenoxy) is 1. The van der Waals surface area contributed by atoms with Gasteiger partial charge in [0.05, 0.1) is 25.3 Å². The fraction of sp³-hybridized carbons (Fsp3) is 0.700. The molecule has 3 aliphatic heterocycles. The van der Waals surface area contributed by atoms with Crippen LogP contribution in [0.3, 0.4) is 0 Å². The fourth-order valence-electron chi connectivity index (χ4n) is 4.56. The van der Waals surface area contributed by atoms with Crippen molar-refractivity contribution in [2.75, 3.05) is 53.0 Å². The molecule has 7 nitrogen and oxygen atoms in total. The van der Waals surface area contributed by atoms with Gasteiger partial charge >= 0.3 is 0 Å². The Balaban J connectivity index is 1.32. The Morgan fingerprint density at radius 3 is 2.59 bits per heavy atom. The van der Waals surface area contributed by atoms with Gasteiger partial charge in [0.15, 0.2) is 0 Å². The lowest BCUT2D eigenvalue weighted by molar-refractivity contribution is -0.137. The Morgan fingerprint density at radius 1 is 1.15 bits per heavy atom. The summed E-state index contributed by atoms with van der Waals surface area (Å²) in [7, 11) is 1.89. The number of carbonyl (C=O) groups excluding carboxylic acids is 2. The van der Waals surface area contributed by atoms with E-state index in [2.05, 4.69) is 4.90 Å². The van der Waals surface area contributed by atoms with Crippen LogP contribution in [-0.2, 0) is 16.1 Å². The Bertz CT molecular complexity index is 687. The number of piperidine rings is 2. The number of nitrogens with zero attached hydrogens (tertiary/aromatic N) is 3. The minimum atomic E-state index is 0.0575. The molecule has 0 saturated carbocycles. The number of furan rings is 1. The van der Waals surface area contributed by atoms with Gasteiger partial charge in [0, 0.05) is 46.2 Å². The van der Waals surface area contributed by atoms with Crippen LogP contribution in [0.2, 0.25) is 0 Å². The summed E-state index contributed by atoms with van der Waals surface area (Å²) in [4.78, 5) is 30.7. The van der Waals surface area contributed by atoms with E-state index in [1.165, 1.54) is 0 Å². The van der Waals surface area contributed by atoms with Gasteiger partial charge in [-0.2, -0.15) is 0 Å². The van der Waals surface area contributed by atoms with Crippen LogP contribution in [0.4, 0.5) is 0 Å². The molecule has 0 aromatic carbocycles. The molecule has 1 spiro atoms. The molecule has 1 aromatic heterocycles. The number of amides is 2. The molecule has 0 N–H and O–H groups in total. The first-order valence-corrected chi connectivity index (χ1v) is 9.95. The summed E-state index contributed by atoms with van der Waals surface area (Å²) in [6.07, 6.45) is 5.12. The van der Waals surface area contributed by atoms with Gasteiger partial charge in [-0.15, -0.1) is 0 Å². The highest BCUT2D eigenvalue weighted by atomic mass is 16.5. The van der Waals surface area contributed by atoms with Gasteiger partial charge in [-0.05, 0) is 30.7 Å². The van der Waals surface area contributed by atoms with Crippen molar-refractivity contribution in [2.45, 2.75) is 32.2 Å². The van der Waals surface area contributed by atoms with E-state index in [1.807, 2.05) is 22.9 Å². The van der Waals surface area contributed by atoms with Crippen molar-refractivity contribution in [2.24, 2.45) is 5.41 Å². The molecule has 0 unspecified atom stereocenters. The molecule has 0 bridgehead atoms. The highest BCUT2D eigenvalue weighted by Gasteiger charge is 2.40. The highest BCUT2D eigenvalue weighted by molar-refractivity contribution is 5.94. The molecule has 3 saturated heterocycles. The van der Waals surface area contributed by atoms with Crippen LogP contribution in [0, 0.1) is 5.41 Å². The molecule has 3 fully saturated rings. The van der Waals surface area contributed by atoms with Crippen LogP contribution in [0.25, 0.3) is 0 Å². The van der Waals surface area contributed by atoms with E-state index in [-0.39, 0.29) is 17.2 Å². The van der Waals surface area contributed by atoms with Crippen molar-refractivity contribution in [3.05, 3.63) is 23.7 Å². The van der Waals surface area contributed by atoms with Crippen LogP contribution in [0.1, 0.15) is 41.8 Å². The zero-order valence-corrected chi connectivity index (χ0v) is 16.1. The summed E-state index contributed by atoms with van der Waals surface area (Å²) in [6.45, 7) is 6.36. The quantitative estimate of drug-likeness (QED) is 0.803. The molecule has 4 heterocycles. The third-order valence-electron chi connectivity index (χ3n) is 6.36. The second-order valence-corrected chi connectivity index (χ2v) is 8.23. The predicted octanol–water partition coefficient (Wildman–Crippen LogP) is 1.59. The molecular weight excluding hydrogens is 346 g/mol. The van der Waals surface area contributed by atoms with E-state index in [1.54, 1.807) is 6.26 Å². The van der Waals surface area contributed by atoms with Crippen molar-refractivity contribution in [3.8, 4) is 0 Å². The minimum Gasteiger partial charge on any atom is -0.467 e. The van der Waals surface area contributed by atoms with Gasteiger partial charge < -0.3 is 19.0 Å². The van der Waals surface area contributed by atoms with Gasteiger partial charge in [-0.3, -0.25) is 14.5 Å². The molecule has 3 aliphatic rings. The monoisotopic (exact) mass is 375 g/mol. The summed E-state index contributed by atoms with van der Waals surface area (Å²) in [5, 5.41) is 0. The lowest BCUT2D eigenvalue weighted by Crippen LogP contribution is -2.51. The molecule has 7 heteroatoms. The molecule has 4 rings (SSSR count). The maximum Gasteiger partial charge on any atom is 0.257 e.